The van der Waals surface area contributed by atoms with Crippen LogP contribution in [0.15, 0.2) is 36.4 Å². The van der Waals surface area contributed by atoms with E-state index in [1.807, 2.05) is 12.1 Å². The smallest absolute Gasteiger partial charge is 0.185 e. The number of halogens is 1. The van der Waals surface area contributed by atoms with E-state index in [9.17, 15) is 0 Å². The van der Waals surface area contributed by atoms with Gasteiger partial charge in [-0.3, -0.25) is 0 Å². The maximum Gasteiger partial charge on any atom is 0.185 e. The van der Waals surface area contributed by atoms with E-state index in [1.54, 1.807) is 0 Å². The van der Waals surface area contributed by atoms with Crippen LogP contribution in [-0.4, -0.2) is 8.32 Å². The summed E-state index contributed by atoms with van der Waals surface area (Å²) in [6.45, 7) is 13.3. The molecule has 0 radical (unpaired) electrons. The van der Waals surface area contributed by atoms with Gasteiger partial charge in [0.2, 0.25) is 0 Å². The lowest BCUT2D eigenvalue weighted by Crippen LogP contribution is -2.28. The van der Waals surface area contributed by atoms with Crippen molar-refractivity contribution in [3.63, 3.8) is 0 Å². The molecule has 1 atom stereocenters. The summed E-state index contributed by atoms with van der Waals surface area (Å²) in [4.78, 5) is 0. The second-order valence-electron chi connectivity index (χ2n) is 8.04. The molecule has 0 saturated carbocycles. The Balaban J connectivity index is 2.46. The largest absolute Gasteiger partial charge is 0.407 e. The molecule has 0 aliphatic rings. The van der Waals surface area contributed by atoms with Crippen LogP contribution in [0.3, 0.4) is 0 Å². The van der Waals surface area contributed by atoms with Gasteiger partial charge in [-0.15, -0.1) is 0 Å². The number of hydrogen-bond donors (Lipinski definition) is 0. The number of benzene rings is 1. The Morgan fingerprint density at radius 3 is 2.00 bits per heavy atom. The Kier molecular flexibility index (Phi) is 10.7. The highest BCUT2D eigenvalue weighted by Gasteiger charge is 2.24. The highest BCUT2D eigenvalue weighted by atomic mass is 35.5. The molecule has 3 heteroatoms. The maximum atomic E-state index is 6.44. The van der Waals surface area contributed by atoms with Crippen molar-refractivity contribution in [2.45, 2.75) is 90.5 Å². The van der Waals surface area contributed by atoms with E-state index in [0.717, 1.165) is 11.4 Å². The van der Waals surface area contributed by atoms with Crippen LogP contribution in [0.1, 0.15) is 76.4 Å². The van der Waals surface area contributed by atoms with Crippen LogP contribution in [0.25, 0.3) is 0 Å². The Hall–Kier alpha value is -0.573. The fourth-order valence-electron chi connectivity index (χ4n) is 3.00. The average molecular weight is 381 g/mol. The molecule has 1 rings (SSSR count). The Bertz CT molecular complexity index is 490. The van der Waals surface area contributed by atoms with Crippen molar-refractivity contribution in [3.05, 3.63) is 47.0 Å². The number of rotatable bonds is 13. The first-order valence-electron chi connectivity index (χ1n) is 9.94. The molecule has 1 aromatic carbocycles. The minimum atomic E-state index is -1.65. The van der Waals surface area contributed by atoms with Crippen molar-refractivity contribution in [1.29, 1.82) is 0 Å². The van der Waals surface area contributed by atoms with Gasteiger partial charge in [-0.25, -0.2) is 0 Å². The Morgan fingerprint density at radius 2 is 1.48 bits per heavy atom. The highest BCUT2D eigenvalue weighted by Crippen LogP contribution is 2.32. The molecule has 1 aromatic rings. The van der Waals surface area contributed by atoms with Crippen molar-refractivity contribution in [1.82, 2.24) is 0 Å². The van der Waals surface area contributed by atoms with Crippen molar-refractivity contribution in [3.8, 4) is 0 Å². The van der Waals surface area contributed by atoms with Crippen molar-refractivity contribution in [2.75, 3.05) is 0 Å². The summed E-state index contributed by atoms with van der Waals surface area (Å²) >= 11 is 6.04. The number of hydrogen-bond acceptors (Lipinski definition) is 1. The third kappa shape index (κ3) is 10.2. The monoisotopic (exact) mass is 380 g/mol. The van der Waals surface area contributed by atoms with Gasteiger partial charge >= 0.3 is 0 Å². The van der Waals surface area contributed by atoms with Crippen LogP contribution in [0.2, 0.25) is 24.7 Å². The molecule has 0 amide bonds. The third-order valence-corrected chi connectivity index (χ3v) is 5.56. The fraction of sp³-hybridized carbons (Fsp3) is 0.636. The van der Waals surface area contributed by atoms with Gasteiger partial charge in [0.05, 0.1) is 6.10 Å². The summed E-state index contributed by atoms with van der Waals surface area (Å²) < 4.78 is 6.44. The standard InChI is InChI=1S/C22H37ClOSi/c1-6-7-8-9-10-11-12-13-14-19(2)22(24-25(3,4)5)20-15-17-21(23)18-16-20/h15-18,22H,2,6-14H2,1,3-5H3. The zero-order valence-electron chi connectivity index (χ0n) is 16.7. The van der Waals surface area contributed by atoms with Crippen molar-refractivity contribution >= 4 is 19.9 Å². The lowest BCUT2D eigenvalue weighted by atomic mass is 9.97. The molecule has 25 heavy (non-hydrogen) atoms. The minimum Gasteiger partial charge on any atom is -0.407 e. The Morgan fingerprint density at radius 1 is 0.960 bits per heavy atom. The molecule has 0 heterocycles. The molecule has 0 aromatic heterocycles. The van der Waals surface area contributed by atoms with E-state index >= 15 is 0 Å². The molecule has 0 N–H and O–H groups in total. The normalized spacial score (nSPS) is 13.0. The molecule has 0 fully saturated rings. The van der Waals surface area contributed by atoms with Gasteiger partial charge in [0.15, 0.2) is 8.32 Å². The summed E-state index contributed by atoms with van der Waals surface area (Å²) in [5.74, 6) is 0. The summed E-state index contributed by atoms with van der Waals surface area (Å²) in [5, 5.41) is 0.768. The van der Waals surface area contributed by atoms with Crippen molar-refractivity contribution in [2.24, 2.45) is 0 Å². The van der Waals surface area contributed by atoms with Gasteiger partial charge in [-0.1, -0.05) is 82.2 Å². The highest BCUT2D eigenvalue weighted by molar-refractivity contribution is 6.69. The number of unbranched alkanes of at least 4 members (excludes halogenated alkanes) is 7. The molecular weight excluding hydrogens is 344 g/mol. The topological polar surface area (TPSA) is 9.23 Å². The molecule has 0 spiro atoms. The van der Waals surface area contributed by atoms with Crippen LogP contribution >= 0.6 is 11.6 Å². The molecule has 142 valence electrons. The zero-order chi connectivity index (χ0) is 18.7. The first-order chi connectivity index (χ1) is 11.8. The van der Waals surface area contributed by atoms with E-state index in [0.29, 0.717) is 0 Å². The molecule has 0 saturated heterocycles. The predicted molar refractivity (Wildman–Crippen MR) is 115 cm³/mol. The minimum absolute atomic E-state index is 0.00786. The first kappa shape index (κ1) is 22.5. The first-order valence-corrected chi connectivity index (χ1v) is 13.7. The van der Waals surface area contributed by atoms with E-state index in [1.165, 1.54) is 62.5 Å². The maximum absolute atomic E-state index is 6.44. The van der Waals surface area contributed by atoms with Gasteiger partial charge in [-0.2, -0.15) is 0 Å². The van der Waals surface area contributed by atoms with Crippen LogP contribution < -0.4 is 0 Å². The van der Waals surface area contributed by atoms with Gasteiger partial charge in [-0.05, 0) is 55.8 Å². The SMILES string of the molecule is C=C(CCCCCCCCCC)C(O[Si](C)(C)C)c1ccc(Cl)cc1. The molecule has 0 aliphatic heterocycles. The second-order valence-corrected chi connectivity index (χ2v) is 12.9. The van der Waals surface area contributed by atoms with Gasteiger partial charge in [0, 0.05) is 5.02 Å². The quantitative estimate of drug-likeness (QED) is 0.190. The van der Waals surface area contributed by atoms with E-state index < -0.39 is 8.32 Å². The Labute approximate surface area is 162 Å². The summed E-state index contributed by atoms with van der Waals surface area (Å²) in [6, 6.07) is 8.04. The fourth-order valence-corrected chi connectivity index (χ4v) is 4.13. The molecule has 1 unspecified atom stereocenters. The van der Waals surface area contributed by atoms with Gasteiger partial charge in [0.1, 0.15) is 0 Å². The molecular formula is C22H37ClOSi. The average Bonchev–Trinajstić information content (AvgIpc) is 2.55. The molecule has 1 nitrogen and oxygen atoms in total. The van der Waals surface area contributed by atoms with Crippen LogP contribution in [0.5, 0.6) is 0 Å². The molecule has 0 bridgehead atoms. The van der Waals surface area contributed by atoms with E-state index in [4.69, 9.17) is 16.0 Å². The zero-order valence-corrected chi connectivity index (χ0v) is 18.5. The summed E-state index contributed by atoms with van der Waals surface area (Å²) in [6.07, 6.45) is 11.8. The third-order valence-electron chi connectivity index (χ3n) is 4.37. The summed E-state index contributed by atoms with van der Waals surface area (Å²) in [7, 11) is -1.65. The predicted octanol–water partition coefficient (Wildman–Crippen LogP) is 8.32. The van der Waals surface area contributed by atoms with Crippen LogP contribution in [0, 0.1) is 0 Å². The van der Waals surface area contributed by atoms with Crippen LogP contribution in [0.4, 0.5) is 0 Å². The second kappa shape index (κ2) is 11.9. The molecule has 0 aliphatic carbocycles. The van der Waals surface area contributed by atoms with Gasteiger partial charge < -0.3 is 4.43 Å². The van der Waals surface area contributed by atoms with Gasteiger partial charge in [0.25, 0.3) is 0 Å². The van der Waals surface area contributed by atoms with E-state index in [-0.39, 0.29) is 6.10 Å². The summed E-state index contributed by atoms with van der Waals surface area (Å²) in [5.41, 5.74) is 2.38. The lowest BCUT2D eigenvalue weighted by molar-refractivity contribution is 0.230. The van der Waals surface area contributed by atoms with E-state index in [2.05, 4.69) is 45.3 Å². The van der Waals surface area contributed by atoms with Crippen molar-refractivity contribution < 1.29 is 4.43 Å². The van der Waals surface area contributed by atoms with Crippen LogP contribution in [-0.2, 0) is 4.43 Å². The lowest BCUT2D eigenvalue weighted by Gasteiger charge is -2.28.